The fourth-order valence-electron chi connectivity index (χ4n) is 2.54. The molecule has 6 heteroatoms. The van der Waals surface area contributed by atoms with Gasteiger partial charge in [0.25, 0.3) is 0 Å². The zero-order valence-corrected chi connectivity index (χ0v) is 15.7. The van der Waals surface area contributed by atoms with Gasteiger partial charge in [0.05, 0.1) is 12.1 Å². The summed E-state index contributed by atoms with van der Waals surface area (Å²) >= 11 is 1.72. The van der Waals surface area contributed by atoms with Gasteiger partial charge in [-0.2, -0.15) is 0 Å². The quantitative estimate of drug-likeness (QED) is 0.388. The Balaban J connectivity index is 0.00000220. The fourth-order valence-corrected chi connectivity index (χ4v) is 3.16. The van der Waals surface area contributed by atoms with Gasteiger partial charge in [-0.1, -0.05) is 25.3 Å². The van der Waals surface area contributed by atoms with Gasteiger partial charge in [-0.05, 0) is 31.2 Å². The molecule has 1 aliphatic carbocycles. The molecule has 21 heavy (non-hydrogen) atoms. The van der Waals surface area contributed by atoms with Crippen LogP contribution in [-0.2, 0) is 6.54 Å². The van der Waals surface area contributed by atoms with Gasteiger partial charge in [-0.3, -0.25) is 0 Å². The van der Waals surface area contributed by atoms with Gasteiger partial charge in [0, 0.05) is 18.0 Å². The Hall–Kier alpha value is -0.340. The lowest BCUT2D eigenvalue weighted by molar-refractivity contribution is 0.00859. The molecule has 1 aliphatic rings. The average molecular weight is 423 g/mol. The molecule has 1 aromatic rings. The van der Waals surface area contributed by atoms with Crippen molar-refractivity contribution in [3.8, 4) is 0 Å². The average Bonchev–Trinajstić information content (AvgIpc) is 2.96. The predicted octanol–water partition coefficient (Wildman–Crippen LogP) is 3.12. The minimum absolute atomic E-state index is 0. The van der Waals surface area contributed by atoms with E-state index in [1.54, 1.807) is 11.3 Å². The standard InChI is InChI=1S/C15H25N3OS.HI/c1-2-16-14(17-11-13-7-6-10-20-13)18-12-15(19)8-4-3-5-9-15;/h6-7,10,19H,2-5,8-9,11-12H2,1H3,(H2,16,17,18);1H. The highest BCUT2D eigenvalue weighted by molar-refractivity contribution is 14.0. The van der Waals surface area contributed by atoms with Crippen molar-refractivity contribution in [3.63, 3.8) is 0 Å². The Bertz CT molecular complexity index is 417. The Morgan fingerprint density at radius 2 is 2.10 bits per heavy atom. The zero-order chi connectivity index (χ0) is 14.3. The van der Waals surface area contributed by atoms with Gasteiger partial charge in [-0.15, -0.1) is 35.3 Å². The van der Waals surface area contributed by atoms with E-state index in [9.17, 15) is 5.11 Å². The summed E-state index contributed by atoms with van der Waals surface area (Å²) in [5.74, 6) is 0.792. The molecular weight excluding hydrogens is 397 g/mol. The van der Waals surface area contributed by atoms with E-state index in [0.29, 0.717) is 13.1 Å². The number of nitrogens with zero attached hydrogens (tertiary/aromatic N) is 1. The Morgan fingerprint density at radius 1 is 1.33 bits per heavy atom. The molecule has 0 aromatic carbocycles. The third-order valence-corrected chi connectivity index (χ3v) is 4.55. The van der Waals surface area contributed by atoms with Gasteiger partial charge in [0.1, 0.15) is 0 Å². The molecule has 0 spiro atoms. The summed E-state index contributed by atoms with van der Waals surface area (Å²) < 4.78 is 0. The maximum Gasteiger partial charge on any atom is 0.191 e. The monoisotopic (exact) mass is 423 g/mol. The van der Waals surface area contributed by atoms with Crippen molar-refractivity contribution in [2.75, 3.05) is 13.1 Å². The topological polar surface area (TPSA) is 56.7 Å². The van der Waals surface area contributed by atoms with Crippen molar-refractivity contribution >= 4 is 41.3 Å². The molecule has 0 unspecified atom stereocenters. The third-order valence-electron chi connectivity index (χ3n) is 3.69. The number of aliphatic imine (C=N–C) groups is 1. The van der Waals surface area contributed by atoms with Crippen LogP contribution in [-0.4, -0.2) is 29.8 Å². The maximum absolute atomic E-state index is 10.5. The number of thiophene rings is 1. The van der Waals surface area contributed by atoms with Crippen LogP contribution in [0.2, 0.25) is 0 Å². The molecule has 1 heterocycles. The molecule has 1 fully saturated rings. The van der Waals surface area contributed by atoms with Gasteiger partial charge >= 0.3 is 0 Å². The summed E-state index contributed by atoms with van der Waals surface area (Å²) in [5.41, 5.74) is -0.558. The Morgan fingerprint density at radius 3 is 2.71 bits per heavy atom. The van der Waals surface area contributed by atoms with Gasteiger partial charge in [0.15, 0.2) is 5.96 Å². The Kier molecular flexibility index (Phi) is 8.58. The molecule has 1 saturated carbocycles. The molecule has 3 N–H and O–H groups in total. The van der Waals surface area contributed by atoms with E-state index in [-0.39, 0.29) is 24.0 Å². The lowest BCUT2D eigenvalue weighted by Gasteiger charge is -2.32. The first kappa shape index (κ1) is 18.7. The lowest BCUT2D eigenvalue weighted by Crippen LogP contribution is -2.48. The molecule has 4 nitrogen and oxygen atoms in total. The van der Waals surface area contributed by atoms with Gasteiger partial charge < -0.3 is 15.7 Å². The molecule has 0 atom stereocenters. The van der Waals surface area contributed by atoms with Crippen LogP contribution in [0.3, 0.4) is 0 Å². The molecule has 2 rings (SSSR count). The van der Waals surface area contributed by atoms with Crippen molar-refractivity contribution < 1.29 is 5.11 Å². The normalized spacial score (nSPS) is 17.9. The van der Waals surface area contributed by atoms with E-state index in [1.807, 2.05) is 6.07 Å². The van der Waals surface area contributed by atoms with Crippen LogP contribution in [0, 0.1) is 0 Å². The first-order chi connectivity index (χ1) is 9.72. The highest BCUT2D eigenvalue weighted by atomic mass is 127. The van der Waals surface area contributed by atoms with Crippen molar-refractivity contribution in [2.45, 2.75) is 51.2 Å². The molecule has 0 saturated heterocycles. The molecule has 0 bridgehead atoms. The Labute approximate surface area is 148 Å². The highest BCUT2D eigenvalue weighted by Crippen LogP contribution is 2.27. The van der Waals surface area contributed by atoms with Crippen molar-refractivity contribution in [1.29, 1.82) is 0 Å². The highest BCUT2D eigenvalue weighted by Gasteiger charge is 2.29. The minimum Gasteiger partial charge on any atom is -0.388 e. The number of guanidine groups is 1. The van der Waals surface area contributed by atoms with Crippen LogP contribution >= 0.6 is 35.3 Å². The number of hydrogen-bond donors (Lipinski definition) is 3. The first-order valence-electron chi connectivity index (χ1n) is 7.49. The largest absolute Gasteiger partial charge is 0.388 e. The molecule has 120 valence electrons. The number of halogens is 1. The molecular formula is C15H26IN3OS. The summed E-state index contributed by atoms with van der Waals surface area (Å²) in [7, 11) is 0. The van der Waals surface area contributed by atoms with Gasteiger partial charge in [-0.25, -0.2) is 4.99 Å². The second kappa shape index (κ2) is 9.63. The second-order valence-electron chi connectivity index (χ2n) is 5.41. The lowest BCUT2D eigenvalue weighted by atomic mass is 9.85. The summed E-state index contributed by atoms with van der Waals surface area (Å²) in [6, 6.07) is 4.13. The van der Waals surface area contributed by atoms with E-state index < -0.39 is 5.60 Å². The van der Waals surface area contributed by atoms with Crippen LogP contribution in [0.15, 0.2) is 22.5 Å². The second-order valence-corrected chi connectivity index (χ2v) is 6.45. The van der Waals surface area contributed by atoms with Crippen molar-refractivity contribution in [2.24, 2.45) is 4.99 Å². The summed E-state index contributed by atoms with van der Waals surface area (Å²) in [6.45, 7) is 4.15. The molecule has 0 aliphatic heterocycles. The van der Waals surface area contributed by atoms with Gasteiger partial charge in [0.2, 0.25) is 0 Å². The third kappa shape index (κ3) is 6.52. The minimum atomic E-state index is -0.558. The number of rotatable bonds is 5. The fraction of sp³-hybridized carbons (Fsp3) is 0.667. The maximum atomic E-state index is 10.5. The van der Waals surface area contributed by atoms with Crippen LogP contribution < -0.4 is 10.6 Å². The van der Waals surface area contributed by atoms with Crippen molar-refractivity contribution in [3.05, 3.63) is 22.4 Å². The molecule has 0 amide bonds. The smallest absolute Gasteiger partial charge is 0.191 e. The van der Waals surface area contributed by atoms with E-state index in [2.05, 4.69) is 34.0 Å². The van der Waals surface area contributed by atoms with E-state index >= 15 is 0 Å². The zero-order valence-electron chi connectivity index (χ0n) is 12.6. The first-order valence-corrected chi connectivity index (χ1v) is 8.37. The van der Waals surface area contributed by atoms with Crippen LogP contribution in [0.5, 0.6) is 0 Å². The molecule has 1 aromatic heterocycles. The number of nitrogens with one attached hydrogen (secondary N) is 2. The van der Waals surface area contributed by atoms with Crippen molar-refractivity contribution in [1.82, 2.24) is 10.6 Å². The van der Waals surface area contributed by atoms with E-state index in [0.717, 1.165) is 38.2 Å². The SMILES string of the molecule is CCNC(=NCc1cccs1)NCC1(O)CCCCC1.I. The van der Waals surface area contributed by atoms with E-state index in [1.165, 1.54) is 11.3 Å². The number of aliphatic hydroxyl groups is 1. The predicted molar refractivity (Wildman–Crippen MR) is 101 cm³/mol. The summed E-state index contributed by atoms with van der Waals surface area (Å²) in [4.78, 5) is 5.81. The van der Waals surface area contributed by atoms with Crippen LogP contribution in [0.1, 0.15) is 43.9 Å². The van der Waals surface area contributed by atoms with E-state index in [4.69, 9.17) is 0 Å². The molecule has 0 radical (unpaired) electrons. The summed E-state index contributed by atoms with van der Waals surface area (Å²) in [5, 5.41) is 19.1. The van der Waals surface area contributed by atoms with Crippen LogP contribution in [0.25, 0.3) is 0 Å². The van der Waals surface area contributed by atoms with Crippen LogP contribution in [0.4, 0.5) is 0 Å². The summed E-state index contributed by atoms with van der Waals surface area (Å²) in [6.07, 6.45) is 5.28. The number of hydrogen-bond acceptors (Lipinski definition) is 3.